The fourth-order valence-electron chi connectivity index (χ4n) is 2.41. The molecular formula is C16H13F2N3. The Morgan fingerprint density at radius 1 is 1.00 bits per heavy atom. The Labute approximate surface area is 120 Å². The van der Waals surface area contributed by atoms with Gasteiger partial charge < -0.3 is 5.32 Å². The Hall–Kier alpha value is -2.40. The van der Waals surface area contributed by atoms with Crippen molar-refractivity contribution in [2.24, 2.45) is 0 Å². The molecule has 2 aromatic carbocycles. The van der Waals surface area contributed by atoms with Gasteiger partial charge in [0.15, 0.2) is 11.6 Å². The number of fused-ring (bicyclic) bond motifs is 1. The highest BCUT2D eigenvalue weighted by atomic mass is 19.2. The molecule has 0 saturated heterocycles. The summed E-state index contributed by atoms with van der Waals surface area (Å²) >= 11 is 0. The molecule has 0 aliphatic rings. The van der Waals surface area contributed by atoms with Crippen LogP contribution >= 0.6 is 0 Å². The highest BCUT2D eigenvalue weighted by molar-refractivity contribution is 5.74. The maximum Gasteiger partial charge on any atom is 0.163 e. The van der Waals surface area contributed by atoms with E-state index in [9.17, 15) is 8.78 Å². The second-order valence-electron chi connectivity index (χ2n) is 4.67. The minimum Gasteiger partial charge on any atom is -0.309 e. The van der Waals surface area contributed by atoms with Crippen molar-refractivity contribution in [1.82, 2.24) is 15.3 Å². The monoisotopic (exact) mass is 285 g/mol. The first-order valence-corrected chi connectivity index (χ1v) is 6.52. The lowest BCUT2D eigenvalue weighted by atomic mass is 9.97. The third-order valence-corrected chi connectivity index (χ3v) is 3.41. The molecular weight excluding hydrogens is 272 g/mol. The van der Waals surface area contributed by atoms with Crippen molar-refractivity contribution in [3.8, 4) is 0 Å². The number of benzene rings is 2. The van der Waals surface area contributed by atoms with Gasteiger partial charge >= 0.3 is 0 Å². The summed E-state index contributed by atoms with van der Waals surface area (Å²) < 4.78 is 27.4. The van der Waals surface area contributed by atoms with Crippen molar-refractivity contribution in [2.75, 3.05) is 7.05 Å². The molecule has 0 spiro atoms. The van der Waals surface area contributed by atoms with Crippen molar-refractivity contribution in [1.29, 1.82) is 0 Å². The molecule has 3 aromatic rings. The van der Waals surface area contributed by atoms with Gasteiger partial charge in [-0.2, -0.15) is 0 Å². The summed E-state index contributed by atoms with van der Waals surface area (Å²) in [6.45, 7) is 0. The van der Waals surface area contributed by atoms with E-state index in [0.717, 1.165) is 17.1 Å². The molecule has 0 bridgehead atoms. The van der Waals surface area contributed by atoms with Crippen molar-refractivity contribution in [3.63, 3.8) is 0 Å². The fraction of sp³-hybridized carbons (Fsp3) is 0.125. The molecule has 0 aliphatic heterocycles. The third-order valence-electron chi connectivity index (χ3n) is 3.41. The number of aromatic nitrogens is 2. The molecule has 1 unspecified atom stereocenters. The van der Waals surface area contributed by atoms with Crippen LogP contribution in [0.25, 0.3) is 11.0 Å². The molecule has 1 heterocycles. The first kappa shape index (κ1) is 13.6. The van der Waals surface area contributed by atoms with Crippen LogP contribution in [0.1, 0.15) is 17.2 Å². The summed E-state index contributed by atoms with van der Waals surface area (Å²) in [5.41, 5.74) is 2.54. The van der Waals surface area contributed by atoms with E-state index >= 15 is 0 Å². The molecule has 1 atom stereocenters. The Bertz CT molecular complexity index is 789. The van der Waals surface area contributed by atoms with Gasteiger partial charge in [0.1, 0.15) is 0 Å². The van der Waals surface area contributed by atoms with Gasteiger partial charge in [-0.05, 0) is 30.8 Å². The predicted octanol–water partition coefficient (Wildman–Crippen LogP) is 3.22. The highest BCUT2D eigenvalue weighted by Crippen LogP contribution is 2.26. The first-order valence-electron chi connectivity index (χ1n) is 6.52. The number of nitrogens with zero attached hydrogens (tertiary/aromatic N) is 2. The van der Waals surface area contributed by atoms with E-state index in [2.05, 4.69) is 15.3 Å². The minimum atomic E-state index is -0.853. The zero-order valence-corrected chi connectivity index (χ0v) is 11.3. The fourth-order valence-corrected chi connectivity index (χ4v) is 2.41. The number of rotatable bonds is 3. The van der Waals surface area contributed by atoms with Crippen LogP contribution in [0.4, 0.5) is 8.78 Å². The van der Waals surface area contributed by atoms with Crippen LogP contribution in [-0.2, 0) is 0 Å². The Balaban J connectivity index is 2.11. The average molecular weight is 285 g/mol. The molecule has 5 heteroatoms. The third kappa shape index (κ3) is 2.48. The van der Waals surface area contributed by atoms with E-state index in [1.54, 1.807) is 25.5 Å². The lowest BCUT2D eigenvalue weighted by molar-refractivity contribution is 0.487. The standard InChI is InChI=1S/C16H13F2N3/c1-19-16(11-3-2-4-12(17)15(11)18)10-5-6-13-14(9-10)21-8-7-20-13/h2-9,16,19H,1H3. The van der Waals surface area contributed by atoms with Crippen molar-refractivity contribution < 1.29 is 8.78 Å². The van der Waals surface area contributed by atoms with Gasteiger partial charge in [0.25, 0.3) is 0 Å². The van der Waals surface area contributed by atoms with E-state index in [1.807, 2.05) is 18.2 Å². The molecule has 3 rings (SSSR count). The van der Waals surface area contributed by atoms with E-state index in [-0.39, 0.29) is 5.56 Å². The lowest BCUT2D eigenvalue weighted by Gasteiger charge is -2.18. The van der Waals surface area contributed by atoms with Crippen LogP contribution in [0.2, 0.25) is 0 Å². The van der Waals surface area contributed by atoms with Gasteiger partial charge in [-0.3, -0.25) is 9.97 Å². The highest BCUT2D eigenvalue weighted by Gasteiger charge is 2.19. The average Bonchev–Trinajstić information content (AvgIpc) is 2.52. The molecule has 0 aliphatic carbocycles. The Morgan fingerprint density at radius 2 is 1.76 bits per heavy atom. The van der Waals surface area contributed by atoms with E-state index < -0.39 is 17.7 Å². The quantitative estimate of drug-likeness (QED) is 0.803. The minimum absolute atomic E-state index is 0.265. The largest absolute Gasteiger partial charge is 0.309 e. The molecule has 0 amide bonds. The molecule has 0 radical (unpaired) electrons. The number of nitrogens with one attached hydrogen (secondary N) is 1. The predicted molar refractivity (Wildman–Crippen MR) is 76.8 cm³/mol. The van der Waals surface area contributed by atoms with Gasteiger partial charge in [0, 0.05) is 18.0 Å². The summed E-state index contributed by atoms with van der Waals surface area (Å²) in [6, 6.07) is 9.21. The number of hydrogen-bond donors (Lipinski definition) is 1. The molecule has 1 N–H and O–H groups in total. The molecule has 3 nitrogen and oxygen atoms in total. The number of hydrogen-bond acceptors (Lipinski definition) is 3. The topological polar surface area (TPSA) is 37.8 Å². The molecule has 106 valence electrons. The van der Waals surface area contributed by atoms with Gasteiger partial charge in [0.2, 0.25) is 0 Å². The summed E-state index contributed by atoms with van der Waals surface area (Å²) in [5, 5.41) is 3.01. The van der Waals surface area contributed by atoms with Crippen molar-refractivity contribution >= 4 is 11.0 Å². The van der Waals surface area contributed by atoms with Crippen LogP contribution in [0, 0.1) is 11.6 Å². The van der Waals surface area contributed by atoms with Crippen LogP contribution in [0.3, 0.4) is 0 Å². The van der Waals surface area contributed by atoms with Crippen LogP contribution in [0.15, 0.2) is 48.8 Å². The molecule has 1 aromatic heterocycles. The second-order valence-corrected chi connectivity index (χ2v) is 4.67. The summed E-state index contributed by atoms with van der Waals surface area (Å²) in [6.07, 6.45) is 3.22. The SMILES string of the molecule is CNC(c1ccc2nccnc2c1)c1cccc(F)c1F. The van der Waals surface area contributed by atoms with Crippen molar-refractivity contribution in [2.45, 2.75) is 6.04 Å². The normalized spacial score (nSPS) is 12.5. The first-order chi connectivity index (χ1) is 10.2. The molecule has 21 heavy (non-hydrogen) atoms. The van der Waals surface area contributed by atoms with Gasteiger partial charge in [0.05, 0.1) is 17.1 Å². The van der Waals surface area contributed by atoms with Crippen LogP contribution in [0.5, 0.6) is 0 Å². The zero-order chi connectivity index (χ0) is 14.8. The molecule has 0 saturated carbocycles. The van der Waals surface area contributed by atoms with Gasteiger partial charge in [-0.15, -0.1) is 0 Å². The Morgan fingerprint density at radius 3 is 2.52 bits per heavy atom. The summed E-state index contributed by atoms with van der Waals surface area (Å²) in [4.78, 5) is 8.43. The van der Waals surface area contributed by atoms with Crippen LogP contribution in [-0.4, -0.2) is 17.0 Å². The molecule has 0 fully saturated rings. The van der Waals surface area contributed by atoms with E-state index in [1.165, 1.54) is 6.07 Å². The maximum atomic E-state index is 14.0. The lowest BCUT2D eigenvalue weighted by Crippen LogP contribution is -2.19. The summed E-state index contributed by atoms with van der Waals surface area (Å²) in [7, 11) is 1.70. The van der Waals surface area contributed by atoms with Crippen LogP contribution < -0.4 is 5.32 Å². The van der Waals surface area contributed by atoms with E-state index in [0.29, 0.717) is 5.52 Å². The van der Waals surface area contributed by atoms with E-state index in [4.69, 9.17) is 0 Å². The maximum absolute atomic E-state index is 14.0. The number of halogens is 2. The van der Waals surface area contributed by atoms with Gasteiger partial charge in [-0.25, -0.2) is 8.78 Å². The van der Waals surface area contributed by atoms with Crippen molar-refractivity contribution in [3.05, 3.63) is 71.6 Å². The second kappa shape index (κ2) is 5.54. The van der Waals surface area contributed by atoms with Gasteiger partial charge in [-0.1, -0.05) is 18.2 Å². The smallest absolute Gasteiger partial charge is 0.163 e. The Kier molecular flexibility index (Phi) is 3.58. The summed E-state index contributed by atoms with van der Waals surface area (Å²) in [5.74, 6) is -1.69. The zero-order valence-electron chi connectivity index (χ0n) is 11.3.